The van der Waals surface area contributed by atoms with E-state index in [4.69, 9.17) is 47.2 Å². The smallest absolute Gasteiger partial charge is 0.330 e. The number of carbonyl (C=O) groups is 8. The molecule has 542 valence electrons. The molecule has 4 aliphatic rings. The van der Waals surface area contributed by atoms with Gasteiger partial charge in [0.25, 0.3) is 0 Å². The van der Waals surface area contributed by atoms with Crippen molar-refractivity contribution in [2.75, 3.05) is 98.9 Å². The molecule has 4 fully saturated rings. The molecule has 1 saturated carbocycles. The number of aliphatic hydroxyl groups is 9. The number of ether oxygens (including phenoxy) is 9. The number of carbonyl (C=O) groups excluding carboxylic acids is 8. The fraction of sp³-hybridized carbons (Fsp3) is 0.857. The molecule has 0 aromatic heterocycles. The van der Waals surface area contributed by atoms with E-state index in [1.165, 1.54) is 20.8 Å². The number of hydrogen-bond acceptors (Lipinski definition) is 28. The maximum absolute atomic E-state index is 13.8. The average molecular weight is 1380 g/mol. The van der Waals surface area contributed by atoms with Crippen LogP contribution in [0.1, 0.15) is 86.0 Å². The normalized spacial score (nSPS) is 30.0. The van der Waals surface area contributed by atoms with Gasteiger partial charge < -0.3 is 141 Å². The Morgan fingerprint density at radius 2 is 0.830 bits per heavy atom. The number of aliphatic hydroxyl groups excluding tert-OH is 9. The van der Waals surface area contributed by atoms with Gasteiger partial charge in [-0.25, -0.2) is 0 Å². The summed E-state index contributed by atoms with van der Waals surface area (Å²) in [6.07, 6.45) is -17.6. The lowest BCUT2D eigenvalue weighted by Crippen LogP contribution is -2.64. The van der Waals surface area contributed by atoms with Crippen molar-refractivity contribution >= 4 is 54.9 Å². The van der Waals surface area contributed by atoms with E-state index in [1.54, 1.807) is 13.8 Å². The van der Waals surface area contributed by atoms with E-state index in [0.29, 0.717) is 0 Å². The van der Waals surface area contributed by atoms with E-state index in [-0.39, 0.29) is 124 Å². The predicted octanol–water partition coefficient (Wildman–Crippen LogP) is -8.04. The van der Waals surface area contributed by atoms with Crippen molar-refractivity contribution in [3.63, 3.8) is 0 Å². The van der Waals surface area contributed by atoms with E-state index in [0.717, 1.165) is 0 Å². The number of nitrogens with one attached hydrogen (secondary N) is 8. The molecule has 38 heteroatoms. The third-order valence-electron chi connectivity index (χ3n) is 15.5. The minimum Gasteiger partial charge on any atom is -0.394 e. The van der Waals surface area contributed by atoms with Gasteiger partial charge in [-0.15, -0.1) is 0 Å². The number of hydrogen-bond donors (Lipinski definition) is 18. The molecule has 1 aliphatic carbocycles. The van der Waals surface area contributed by atoms with E-state index in [1.807, 2.05) is 0 Å². The van der Waals surface area contributed by atoms with Crippen LogP contribution in [0.3, 0.4) is 0 Å². The van der Waals surface area contributed by atoms with Crippen LogP contribution in [-0.4, -0.2) is 313 Å². The molecule has 0 bridgehead atoms. The Labute approximate surface area is 543 Å². The van der Waals surface area contributed by atoms with Crippen LogP contribution in [0.25, 0.3) is 0 Å². The van der Waals surface area contributed by atoms with Crippen LogP contribution >= 0.6 is 7.60 Å². The highest BCUT2D eigenvalue weighted by molar-refractivity contribution is 7.53. The summed E-state index contributed by atoms with van der Waals surface area (Å²) in [7, 11) is -3.92. The zero-order valence-electron chi connectivity index (χ0n) is 53.5. The summed E-state index contributed by atoms with van der Waals surface area (Å²) in [5, 5.41) is 112. The highest BCUT2D eigenvalue weighted by Crippen LogP contribution is 2.50. The molecule has 0 spiro atoms. The first kappa shape index (κ1) is 81.6. The van der Waals surface area contributed by atoms with Gasteiger partial charge in [-0.2, -0.15) is 0 Å². The predicted molar refractivity (Wildman–Crippen MR) is 320 cm³/mol. The van der Waals surface area contributed by atoms with Gasteiger partial charge in [0, 0.05) is 59.2 Å². The lowest BCUT2D eigenvalue weighted by molar-refractivity contribution is -0.272. The van der Waals surface area contributed by atoms with Gasteiger partial charge in [-0.05, 0) is 38.5 Å². The molecule has 18 unspecified atom stereocenters. The third-order valence-corrected chi connectivity index (χ3v) is 17.4. The summed E-state index contributed by atoms with van der Waals surface area (Å²) in [5.41, 5.74) is -0.653. The van der Waals surface area contributed by atoms with Crippen LogP contribution < -0.4 is 42.5 Å². The van der Waals surface area contributed by atoms with E-state index in [2.05, 4.69) is 42.5 Å². The van der Waals surface area contributed by atoms with Gasteiger partial charge >= 0.3 is 7.60 Å². The second kappa shape index (κ2) is 42.1. The van der Waals surface area contributed by atoms with Crippen molar-refractivity contribution < 1.29 is 141 Å². The molecule has 0 radical (unpaired) electrons. The van der Waals surface area contributed by atoms with E-state index in [9.17, 15) is 93.8 Å². The second-order valence-corrected chi connectivity index (χ2v) is 25.5. The molecule has 0 aromatic carbocycles. The number of amides is 8. The average Bonchev–Trinajstić information content (AvgIpc) is 0.828. The SMILES string of the molecule is CC(=O)NC1C(OCCOCCNC(=O)CCC(NC(=O)CCC(NC(=O)C2CCC(OP(=O)(O)C(C)C)CC2)C(=O)NCCOCCOC2OC(CO)C(O)C(O)C2NC(C)=O)C(=O)NCCOCCOC2OC(CO)C(O)C(O)C2NC(C)=O)OC(CO)C(O)C1O. The highest BCUT2D eigenvalue weighted by atomic mass is 31.2. The first-order valence-corrected chi connectivity index (χ1v) is 33.0. The Hall–Kier alpha value is -4.81. The Kier molecular flexibility index (Phi) is 36.6. The van der Waals surface area contributed by atoms with Gasteiger partial charge in [-0.1, -0.05) is 13.8 Å². The van der Waals surface area contributed by atoms with Gasteiger partial charge in [0.1, 0.15) is 85.1 Å². The van der Waals surface area contributed by atoms with Gasteiger partial charge in [0.05, 0.1) is 91.0 Å². The Bertz CT molecular complexity index is 2400. The van der Waals surface area contributed by atoms with Crippen molar-refractivity contribution in [3.05, 3.63) is 0 Å². The minimum absolute atomic E-state index is 0.0316. The van der Waals surface area contributed by atoms with Crippen LogP contribution in [0, 0.1) is 5.92 Å². The first-order chi connectivity index (χ1) is 44.6. The second-order valence-electron chi connectivity index (χ2n) is 23.2. The third kappa shape index (κ3) is 27.2. The maximum Gasteiger partial charge on any atom is 0.330 e. The molecule has 3 heterocycles. The monoisotopic (exact) mass is 1380 g/mol. The molecule has 18 N–H and O–H groups in total. The van der Waals surface area contributed by atoms with Crippen molar-refractivity contribution in [2.45, 2.75) is 202 Å². The molecule has 4 rings (SSSR count). The standard InChI is InChI=1S/C56H99N8O29P/c1-29(2)94(82,83)93-34-8-6-33(7-9-34)51(79)64-36(53(81)59-16-19-86-22-25-89-56-44(62-32(5)70)50(78)47(75)39(28-67)92-56)11-13-41(72)63-35(52(80)58-15-18-85-21-24-88-55-43(61-31(4)69)49(77)46(74)38(27-66)91-55)10-12-40(71)57-14-17-84-20-23-87-54-42(60-30(3)68)48(76)45(73)37(26-65)90-54/h29,33-39,42-50,54-56,65-67,73-78H,6-28H2,1-5H3,(H,57,71)(H,58,80)(H,59,81)(H,60,68)(H,61,69)(H,62,70)(H,63,72)(H,64,79)(H,82,83). The van der Waals surface area contributed by atoms with Crippen LogP contribution in [-0.2, 0) is 90.1 Å². The fourth-order valence-corrected chi connectivity index (χ4v) is 11.2. The van der Waals surface area contributed by atoms with E-state index >= 15 is 0 Å². The van der Waals surface area contributed by atoms with Crippen LogP contribution in [0.5, 0.6) is 0 Å². The van der Waals surface area contributed by atoms with Crippen molar-refractivity contribution in [3.8, 4) is 0 Å². The largest absolute Gasteiger partial charge is 0.394 e. The Balaban J connectivity index is 1.37. The number of rotatable bonds is 41. The maximum atomic E-state index is 13.8. The molecule has 94 heavy (non-hydrogen) atoms. The molecule has 3 saturated heterocycles. The quantitative estimate of drug-likeness (QED) is 0.0200. The molecule has 37 nitrogen and oxygen atoms in total. The lowest BCUT2D eigenvalue weighted by Gasteiger charge is -2.42. The topological polar surface area (TPSA) is 544 Å². The summed E-state index contributed by atoms with van der Waals surface area (Å²) in [5.74, 6) is -5.65. The van der Waals surface area contributed by atoms with Gasteiger partial charge in [0.2, 0.25) is 47.3 Å². The molecule has 8 amide bonds. The summed E-state index contributed by atoms with van der Waals surface area (Å²) in [6, 6.07) is -6.27. The summed E-state index contributed by atoms with van der Waals surface area (Å²) in [4.78, 5) is 114. The summed E-state index contributed by atoms with van der Waals surface area (Å²) >= 11 is 0. The zero-order chi connectivity index (χ0) is 69.7. The van der Waals surface area contributed by atoms with Crippen LogP contribution in [0.2, 0.25) is 0 Å². The highest BCUT2D eigenvalue weighted by Gasteiger charge is 2.48. The minimum atomic E-state index is -3.92. The first-order valence-electron chi connectivity index (χ1n) is 31.3. The molecular formula is C56H99N8O29P. The Morgan fingerprint density at radius 1 is 0.479 bits per heavy atom. The van der Waals surface area contributed by atoms with Crippen LogP contribution in [0.4, 0.5) is 0 Å². The van der Waals surface area contributed by atoms with Crippen molar-refractivity contribution in [1.82, 2.24) is 42.5 Å². The molecule has 0 aromatic rings. The van der Waals surface area contributed by atoms with Gasteiger partial charge in [-0.3, -0.25) is 42.9 Å². The molecular weight excluding hydrogens is 1280 g/mol. The summed E-state index contributed by atoms with van der Waals surface area (Å²) < 4.78 is 68.3. The lowest BCUT2D eigenvalue weighted by atomic mass is 9.86. The fourth-order valence-electron chi connectivity index (χ4n) is 10.3. The van der Waals surface area contributed by atoms with E-state index < -0.39 is 203 Å². The molecule has 18 atom stereocenters. The van der Waals surface area contributed by atoms with Crippen LogP contribution in [0.15, 0.2) is 0 Å². The van der Waals surface area contributed by atoms with Gasteiger partial charge in [0.15, 0.2) is 18.9 Å². The van der Waals surface area contributed by atoms with Crippen molar-refractivity contribution in [2.24, 2.45) is 5.92 Å². The molecule has 3 aliphatic heterocycles. The van der Waals surface area contributed by atoms with Crippen molar-refractivity contribution in [1.29, 1.82) is 0 Å². The Morgan fingerprint density at radius 3 is 1.18 bits per heavy atom. The zero-order valence-corrected chi connectivity index (χ0v) is 54.4. The summed E-state index contributed by atoms with van der Waals surface area (Å²) in [6.45, 7) is 3.33.